The van der Waals surface area contributed by atoms with Gasteiger partial charge < -0.3 is 9.84 Å². The summed E-state index contributed by atoms with van der Waals surface area (Å²) in [5, 5.41) is 9.46. The van der Waals surface area contributed by atoms with Crippen molar-refractivity contribution in [3.63, 3.8) is 0 Å². The Morgan fingerprint density at radius 1 is 1.40 bits per heavy atom. The Bertz CT molecular complexity index is 300. The van der Waals surface area contributed by atoms with Crippen molar-refractivity contribution in [1.29, 1.82) is 0 Å². The van der Waals surface area contributed by atoms with Gasteiger partial charge in [-0.3, -0.25) is 0 Å². The normalized spacial score (nSPS) is 10.3. The lowest BCUT2D eigenvalue weighted by atomic mass is 10.1. The number of halogens is 1. The van der Waals surface area contributed by atoms with Gasteiger partial charge >= 0.3 is 0 Å². The Morgan fingerprint density at radius 2 is 2.20 bits per heavy atom. The lowest BCUT2D eigenvalue weighted by Gasteiger charge is -2.08. The summed E-state index contributed by atoms with van der Waals surface area (Å²) in [5.41, 5.74) is 0.960. The van der Waals surface area contributed by atoms with Crippen molar-refractivity contribution in [1.82, 2.24) is 0 Å². The molecule has 0 fully saturated rings. The summed E-state index contributed by atoms with van der Waals surface area (Å²) < 4.78 is 5.51. The molecule has 0 aliphatic heterocycles. The first-order chi connectivity index (χ1) is 7.27. The number of unbranched alkanes of at least 4 members (excludes halogenated alkanes) is 1. The summed E-state index contributed by atoms with van der Waals surface area (Å²) in [6.45, 7) is 2.97. The van der Waals surface area contributed by atoms with Gasteiger partial charge in [-0.2, -0.15) is 0 Å². The van der Waals surface area contributed by atoms with Gasteiger partial charge in [-0.25, -0.2) is 0 Å². The highest BCUT2D eigenvalue weighted by atomic mass is 35.5. The van der Waals surface area contributed by atoms with Gasteiger partial charge in [0.1, 0.15) is 5.75 Å². The Kier molecular flexibility index (Phi) is 5.51. The molecule has 84 valence electrons. The molecule has 2 nitrogen and oxygen atoms in total. The maximum absolute atomic E-state index is 8.80. The summed E-state index contributed by atoms with van der Waals surface area (Å²) in [6.07, 6.45) is 2.76. The Labute approximate surface area is 95.8 Å². The third-order valence-electron chi connectivity index (χ3n) is 2.17. The van der Waals surface area contributed by atoms with Gasteiger partial charge in [-0.1, -0.05) is 31.0 Å². The van der Waals surface area contributed by atoms with E-state index in [9.17, 15) is 0 Å². The van der Waals surface area contributed by atoms with E-state index in [-0.39, 0.29) is 6.61 Å². The van der Waals surface area contributed by atoms with Crippen LogP contribution in [0.25, 0.3) is 0 Å². The molecule has 1 aromatic rings. The van der Waals surface area contributed by atoms with Crippen molar-refractivity contribution in [2.45, 2.75) is 26.2 Å². The van der Waals surface area contributed by atoms with Crippen molar-refractivity contribution < 1.29 is 9.84 Å². The lowest BCUT2D eigenvalue weighted by Crippen LogP contribution is -1.97. The summed E-state index contributed by atoms with van der Waals surface area (Å²) >= 11 is 6.03. The van der Waals surface area contributed by atoms with E-state index in [1.807, 2.05) is 18.2 Å². The third-order valence-corrected chi connectivity index (χ3v) is 2.52. The summed E-state index contributed by atoms with van der Waals surface area (Å²) in [7, 11) is 0. The van der Waals surface area contributed by atoms with Gasteiger partial charge in [0.15, 0.2) is 0 Å². The maximum Gasteiger partial charge on any atom is 0.120 e. The molecule has 0 saturated carbocycles. The molecule has 0 radical (unpaired) electrons. The van der Waals surface area contributed by atoms with Crippen molar-refractivity contribution in [2.24, 2.45) is 0 Å². The smallest absolute Gasteiger partial charge is 0.120 e. The van der Waals surface area contributed by atoms with Gasteiger partial charge in [0, 0.05) is 11.6 Å². The molecule has 0 saturated heterocycles. The third kappa shape index (κ3) is 4.10. The Balaban J connectivity index is 2.56. The second-order valence-electron chi connectivity index (χ2n) is 3.43. The van der Waals surface area contributed by atoms with Gasteiger partial charge in [0.05, 0.1) is 6.61 Å². The molecular weight excluding hydrogens is 212 g/mol. The molecule has 0 aliphatic carbocycles. The molecule has 0 spiro atoms. The van der Waals surface area contributed by atoms with Crippen LogP contribution in [0.5, 0.6) is 5.75 Å². The van der Waals surface area contributed by atoms with Crippen LogP contribution in [0.1, 0.15) is 25.3 Å². The van der Waals surface area contributed by atoms with Crippen LogP contribution in [0, 0.1) is 0 Å². The van der Waals surface area contributed by atoms with E-state index in [0.717, 1.165) is 30.8 Å². The van der Waals surface area contributed by atoms with Gasteiger partial charge in [-0.05, 0) is 30.5 Å². The van der Waals surface area contributed by atoms with Crippen LogP contribution >= 0.6 is 11.6 Å². The molecule has 3 heteroatoms. The molecule has 0 aromatic heterocycles. The SMILES string of the molecule is CCCCOc1ccc(CCO)c(Cl)c1. The molecule has 0 amide bonds. The molecular formula is C12H17ClO2. The minimum absolute atomic E-state index is 0.121. The van der Waals surface area contributed by atoms with E-state index in [1.165, 1.54) is 0 Å². The highest BCUT2D eigenvalue weighted by molar-refractivity contribution is 6.31. The molecule has 0 atom stereocenters. The fraction of sp³-hybridized carbons (Fsp3) is 0.500. The summed E-state index contributed by atoms with van der Waals surface area (Å²) in [5.74, 6) is 0.801. The molecule has 0 unspecified atom stereocenters. The van der Waals surface area contributed by atoms with Crippen LogP contribution in [0.2, 0.25) is 5.02 Å². The van der Waals surface area contributed by atoms with Gasteiger partial charge in [-0.15, -0.1) is 0 Å². The fourth-order valence-electron chi connectivity index (χ4n) is 1.28. The van der Waals surface area contributed by atoms with E-state index in [2.05, 4.69) is 6.92 Å². The molecule has 15 heavy (non-hydrogen) atoms. The van der Waals surface area contributed by atoms with Crippen molar-refractivity contribution >= 4 is 11.6 Å². The molecule has 0 aliphatic rings. The van der Waals surface area contributed by atoms with E-state index in [0.29, 0.717) is 11.4 Å². The fourth-order valence-corrected chi connectivity index (χ4v) is 1.54. The Morgan fingerprint density at radius 3 is 2.80 bits per heavy atom. The predicted octanol–water partition coefficient (Wildman–Crippen LogP) is 3.05. The topological polar surface area (TPSA) is 29.5 Å². The second-order valence-corrected chi connectivity index (χ2v) is 3.84. The van der Waals surface area contributed by atoms with Gasteiger partial charge in [0.25, 0.3) is 0 Å². The van der Waals surface area contributed by atoms with E-state index in [1.54, 1.807) is 0 Å². The first kappa shape index (κ1) is 12.3. The standard InChI is InChI=1S/C12H17ClO2/c1-2-3-8-15-11-5-4-10(6-7-14)12(13)9-11/h4-5,9,14H,2-3,6-8H2,1H3. The number of ether oxygens (including phenoxy) is 1. The number of hydrogen-bond acceptors (Lipinski definition) is 2. The highest BCUT2D eigenvalue weighted by Gasteiger charge is 2.01. The summed E-state index contributed by atoms with van der Waals surface area (Å²) in [6, 6.07) is 5.61. The molecule has 0 bridgehead atoms. The average molecular weight is 229 g/mol. The highest BCUT2D eigenvalue weighted by Crippen LogP contribution is 2.23. The van der Waals surface area contributed by atoms with Crippen LogP contribution in [-0.2, 0) is 6.42 Å². The van der Waals surface area contributed by atoms with E-state index >= 15 is 0 Å². The first-order valence-electron chi connectivity index (χ1n) is 5.30. The number of hydrogen-bond donors (Lipinski definition) is 1. The second kappa shape index (κ2) is 6.70. The van der Waals surface area contributed by atoms with Crippen LogP contribution in [0.4, 0.5) is 0 Å². The molecule has 0 heterocycles. The minimum atomic E-state index is 0.121. The summed E-state index contributed by atoms with van der Waals surface area (Å²) in [4.78, 5) is 0. The van der Waals surface area contributed by atoms with Crippen molar-refractivity contribution in [3.05, 3.63) is 28.8 Å². The van der Waals surface area contributed by atoms with Crippen LogP contribution < -0.4 is 4.74 Å². The quantitative estimate of drug-likeness (QED) is 0.759. The molecule has 1 N–H and O–H groups in total. The zero-order valence-corrected chi connectivity index (χ0v) is 9.76. The average Bonchev–Trinajstić information content (AvgIpc) is 2.23. The van der Waals surface area contributed by atoms with Crippen molar-refractivity contribution in [3.8, 4) is 5.75 Å². The van der Waals surface area contributed by atoms with E-state index in [4.69, 9.17) is 21.4 Å². The monoisotopic (exact) mass is 228 g/mol. The van der Waals surface area contributed by atoms with Crippen molar-refractivity contribution in [2.75, 3.05) is 13.2 Å². The van der Waals surface area contributed by atoms with Crippen LogP contribution in [0.3, 0.4) is 0 Å². The number of aliphatic hydroxyl groups excluding tert-OH is 1. The maximum atomic E-state index is 8.80. The van der Waals surface area contributed by atoms with Gasteiger partial charge in [0.2, 0.25) is 0 Å². The molecule has 1 aromatic carbocycles. The van der Waals surface area contributed by atoms with E-state index < -0.39 is 0 Å². The Hall–Kier alpha value is -0.730. The predicted molar refractivity (Wildman–Crippen MR) is 62.6 cm³/mol. The lowest BCUT2D eigenvalue weighted by molar-refractivity contribution is 0.299. The number of benzene rings is 1. The number of aliphatic hydroxyl groups is 1. The zero-order chi connectivity index (χ0) is 11.1. The largest absolute Gasteiger partial charge is 0.494 e. The minimum Gasteiger partial charge on any atom is -0.494 e. The number of rotatable bonds is 6. The van der Waals surface area contributed by atoms with Crippen LogP contribution in [0.15, 0.2) is 18.2 Å². The zero-order valence-electron chi connectivity index (χ0n) is 9.00. The first-order valence-corrected chi connectivity index (χ1v) is 5.67. The molecule has 1 rings (SSSR count). The van der Waals surface area contributed by atoms with Crippen LogP contribution in [-0.4, -0.2) is 18.3 Å².